The van der Waals surface area contributed by atoms with Gasteiger partial charge in [0.15, 0.2) is 11.5 Å². The Hall–Kier alpha value is -1.70. The summed E-state index contributed by atoms with van der Waals surface area (Å²) >= 11 is 0. The Labute approximate surface area is 203 Å². The molecule has 0 radical (unpaired) electrons. The second kappa shape index (κ2) is 7.20. The Morgan fingerprint density at radius 2 is 1.71 bits per heavy atom. The average molecular weight is 491 g/mol. The molecule has 1 unspecified atom stereocenters. The van der Waals surface area contributed by atoms with E-state index in [0.29, 0.717) is 35.5 Å². The second-order valence-electron chi connectivity index (χ2n) is 12.8. The smallest absolute Gasteiger partial charge is 0.451 e. The molecular formula is C27H33F3N2O3. The van der Waals surface area contributed by atoms with Crippen LogP contribution < -0.4 is 4.74 Å². The zero-order valence-electron chi connectivity index (χ0n) is 20.0. The Balaban J connectivity index is 1.05. The van der Waals surface area contributed by atoms with E-state index < -0.39 is 12.0 Å². The van der Waals surface area contributed by atoms with Gasteiger partial charge in [-0.1, -0.05) is 6.92 Å². The van der Waals surface area contributed by atoms with Crippen LogP contribution in [0.2, 0.25) is 0 Å². The summed E-state index contributed by atoms with van der Waals surface area (Å²) in [5, 5.41) is 10.7. The standard InChI is InChI=1S/C27H33F3N2O3/c1-25-6-4-15-14-5-7-26(34)9-20(26)16(14)2-3-17(15)22(25)18-8-19(18)23(25)21(33)12-35-13-10-31-24(32-11-13)27(28,29)30/h10-11,14-20,22-23,34H,2-9,12H2,1H3/t14-,15-,16+,17-,18-,19+,20?,22-,23-,25+,26+/m1/s1. The first-order valence-electron chi connectivity index (χ1n) is 13.4. The molecular weight excluding hydrogens is 457 g/mol. The molecule has 1 heterocycles. The summed E-state index contributed by atoms with van der Waals surface area (Å²) in [5.41, 5.74) is -0.352. The Morgan fingerprint density at radius 1 is 1.03 bits per heavy atom. The molecule has 5 nitrogen and oxygen atoms in total. The summed E-state index contributed by atoms with van der Waals surface area (Å²) in [6.07, 6.45) is 6.40. The van der Waals surface area contributed by atoms with Crippen LogP contribution in [0.4, 0.5) is 13.2 Å². The average Bonchev–Trinajstić information content (AvgIpc) is 3.71. The predicted molar refractivity (Wildman–Crippen MR) is 119 cm³/mol. The number of carbonyl (C=O) groups excluding carboxylic acids is 1. The highest BCUT2D eigenvalue weighted by Crippen LogP contribution is 2.75. The summed E-state index contributed by atoms with van der Waals surface area (Å²) in [6, 6.07) is 0. The van der Waals surface area contributed by atoms with E-state index in [1.807, 2.05) is 0 Å². The van der Waals surface area contributed by atoms with Crippen molar-refractivity contribution in [1.29, 1.82) is 0 Å². The van der Waals surface area contributed by atoms with E-state index in [-0.39, 0.29) is 35.1 Å². The number of carbonyl (C=O) groups is 1. The molecule has 0 bridgehead atoms. The molecule has 1 aromatic rings. The largest absolute Gasteiger partial charge is 0.483 e. The molecule has 7 rings (SSSR count). The van der Waals surface area contributed by atoms with Gasteiger partial charge in [0, 0.05) is 5.92 Å². The molecule has 6 aliphatic rings. The first-order valence-corrected chi connectivity index (χ1v) is 13.4. The third-order valence-corrected chi connectivity index (χ3v) is 11.4. The number of ether oxygens (including phenoxy) is 1. The summed E-state index contributed by atoms with van der Waals surface area (Å²) in [7, 11) is 0. The van der Waals surface area contributed by atoms with E-state index >= 15 is 0 Å². The predicted octanol–water partition coefficient (Wildman–Crippen LogP) is 4.93. The topological polar surface area (TPSA) is 72.3 Å². The van der Waals surface area contributed by atoms with Crippen LogP contribution in [0.15, 0.2) is 12.4 Å². The van der Waals surface area contributed by atoms with Gasteiger partial charge in [0.1, 0.15) is 6.61 Å². The van der Waals surface area contributed by atoms with Crippen LogP contribution in [-0.2, 0) is 11.0 Å². The highest BCUT2D eigenvalue weighted by Gasteiger charge is 2.72. The minimum atomic E-state index is -4.60. The van der Waals surface area contributed by atoms with Gasteiger partial charge < -0.3 is 9.84 Å². The number of fused-ring (bicyclic) bond motifs is 9. The maximum atomic E-state index is 13.4. The normalized spacial score (nSPS) is 49.1. The van der Waals surface area contributed by atoms with Gasteiger partial charge in [0.25, 0.3) is 0 Å². The van der Waals surface area contributed by atoms with E-state index in [9.17, 15) is 23.1 Å². The number of nitrogens with zero attached hydrogens (tertiary/aromatic N) is 2. The van der Waals surface area contributed by atoms with Crippen molar-refractivity contribution in [3.63, 3.8) is 0 Å². The molecule has 0 spiro atoms. The number of rotatable bonds is 4. The van der Waals surface area contributed by atoms with Crippen LogP contribution in [-0.4, -0.2) is 33.1 Å². The Morgan fingerprint density at radius 3 is 2.46 bits per heavy atom. The molecule has 0 aliphatic heterocycles. The molecule has 0 amide bonds. The summed E-state index contributed by atoms with van der Waals surface area (Å²) in [6.45, 7) is 2.19. The van der Waals surface area contributed by atoms with Crippen LogP contribution in [0.25, 0.3) is 0 Å². The number of alkyl halides is 3. The van der Waals surface area contributed by atoms with E-state index in [1.54, 1.807) is 0 Å². The van der Waals surface area contributed by atoms with Gasteiger partial charge in [0.2, 0.25) is 5.82 Å². The fourth-order valence-electron chi connectivity index (χ4n) is 10.0. The monoisotopic (exact) mass is 490 g/mol. The Bertz CT molecular complexity index is 1050. The lowest BCUT2D eigenvalue weighted by Crippen LogP contribution is -2.51. The molecule has 190 valence electrons. The lowest BCUT2D eigenvalue weighted by Gasteiger charge is -2.57. The molecule has 11 atom stereocenters. The molecule has 6 aliphatic carbocycles. The van der Waals surface area contributed by atoms with Gasteiger partial charge in [-0.15, -0.1) is 0 Å². The van der Waals surface area contributed by atoms with E-state index in [2.05, 4.69) is 16.9 Å². The van der Waals surface area contributed by atoms with Crippen molar-refractivity contribution in [3.05, 3.63) is 18.2 Å². The number of hydrogen-bond acceptors (Lipinski definition) is 5. The SMILES string of the molecule is C[C@]12CC[C@H]3[C@@H](CC[C@@H]4C5C[C@@]5(O)CC[C@H]34)[C@@H]1[C@@H]1C[C@@H]1[C@@H]2C(=O)COc1cnc(C(F)(F)F)nc1. The van der Waals surface area contributed by atoms with Crippen LogP contribution in [0, 0.1) is 58.7 Å². The highest BCUT2D eigenvalue weighted by molar-refractivity contribution is 5.84. The lowest BCUT2D eigenvalue weighted by atomic mass is 9.48. The molecule has 35 heavy (non-hydrogen) atoms. The second-order valence-corrected chi connectivity index (χ2v) is 12.8. The zero-order valence-corrected chi connectivity index (χ0v) is 20.0. The molecule has 0 saturated heterocycles. The lowest BCUT2D eigenvalue weighted by molar-refractivity contribution is -0.145. The van der Waals surface area contributed by atoms with E-state index in [1.165, 1.54) is 25.7 Å². The molecule has 8 heteroatoms. The summed E-state index contributed by atoms with van der Waals surface area (Å²) in [4.78, 5) is 20.1. The first-order chi connectivity index (χ1) is 16.6. The van der Waals surface area contributed by atoms with E-state index in [0.717, 1.165) is 49.9 Å². The molecule has 6 saturated carbocycles. The van der Waals surface area contributed by atoms with Gasteiger partial charge in [0.05, 0.1) is 18.0 Å². The van der Waals surface area contributed by atoms with Gasteiger partial charge in [-0.25, -0.2) is 9.97 Å². The van der Waals surface area contributed by atoms with Crippen molar-refractivity contribution in [2.24, 2.45) is 58.7 Å². The summed E-state index contributed by atoms with van der Waals surface area (Å²) < 4.78 is 43.7. The van der Waals surface area contributed by atoms with E-state index in [4.69, 9.17) is 4.74 Å². The van der Waals surface area contributed by atoms with Crippen molar-refractivity contribution < 1.29 is 27.8 Å². The third-order valence-electron chi connectivity index (χ3n) is 11.4. The van der Waals surface area contributed by atoms with Crippen molar-refractivity contribution in [2.45, 2.75) is 70.1 Å². The van der Waals surface area contributed by atoms with Crippen LogP contribution in [0.3, 0.4) is 0 Å². The zero-order chi connectivity index (χ0) is 24.3. The Kier molecular flexibility index (Phi) is 4.63. The number of hydrogen-bond donors (Lipinski definition) is 1. The molecule has 6 fully saturated rings. The minimum absolute atomic E-state index is 0.00629. The quantitative estimate of drug-likeness (QED) is 0.648. The van der Waals surface area contributed by atoms with Crippen LogP contribution >= 0.6 is 0 Å². The van der Waals surface area contributed by atoms with Crippen LogP contribution in [0.5, 0.6) is 5.75 Å². The molecule has 1 aromatic heterocycles. The minimum Gasteiger partial charge on any atom is -0.483 e. The van der Waals surface area contributed by atoms with Crippen molar-refractivity contribution in [1.82, 2.24) is 9.97 Å². The number of aromatic nitrogens is 2. The molecule has 0 aromatic carbocycles. The fraction of sp³-hybridized carbons (Fsp3) is 0.815. The van der Waals surface area contributed by atoms with Gasteiger partial charge in [-0.3, -0.25) is 4.79 Å². The maximum absolute atomic E-state index is 13.4. The number of Topliss-reactive ketones (excluding diaryl/α,β-unsaturated/α-hetero) is 1. The number of ketones is 1. The van der Waals surface area contributed by atoms with Crippen molar-refractivity contribution in [2.75, 3.05) is 6.61 Å². The molecule has 1 N–H and O–H groups in total. The first kappa shape index (κ1) is 22.5. The van der Waals surface area contributed by atoms with Crippen molar-refractivity contribution >= 4 is 5.78 Å². The van der Waals surface area contributed by atoms with Gasteiger partial charge in [-0.2, -0.15) is 13.2 Å². The van der Waals surface area contributed by atoms with Gasteiger partial charge in [-0.05, 0) is 104 Å². The summed E-state index contributed by atoms with van der Waals surface area (Å²) in [5.74, 6) is 4.02. The number of aliphatic hydroxyl groups is 1. The maximum Gasteiger partial charge on any atom is 0.451 e. The van der Waals surface area contributed by atoms with Crippen LogP contribution in [0.1, 0.15) is 64.1 Å². The van der Waals surface area contributed by atoms with Crippen molar-refractivity contribution in [3.8, 4) is 5.75 Å². The highest BCUT2D eigenvalue weighted by atomic mass is 19.4. The van der Waals surface area contributed by atoms with Gasteiger partial charge >= 0.3 is 6.18 Å². The number of halogens is 3. The fourth-order valence-corrected chi connectivity index (χ4v) is 10.0. The third kappa shape index (κ3) is 3.27.